The molecule has 3 aromatic rings. The Hall–Kier alpha value is -0.590. The van der Waals surface area contributed by atoms with E-state index in [1.165, 1.54) is 18.3 Å². The molecule has 0 bridgehead atoms. The van der Waals surface area contributed by atoms with Gasteiger partial charge >= 0.3 is 219 Å². The predicted molar refractivity (Wildman–Crippen MR) is 147 cm³/mol. The van der Waals surface area contributed by atoms with Gasteiger partial charge in [-0.15, -0.1) is 0 Å². The molecule has 0 N–H and O–H groups in total. The first-order valence-electron chi connectivity index (χ1n) is 10.8. The van der Waals surface area contributed by atoms with Gasteiger partial charge < -0.3 is 4.74 Å². The van der Waals surface area contributed by atoms with E-state index in [0.29, 0.717) is 13.2 Å². The van der Waals surface area contributed by atoms with Gasteiger partial charge in [0, 0.05) is 6.61 Å². The zero-order valence-corrected chi connectivity index (χ0v) is 26.1. The quantitative estimate of drug-likeness (QED) is 0.181. The number of rotatable bonds is 9. The third-order valence-electron chi connectivity index (χ3n) is 5.00. The maximum atomic E-state index is 6.12. The number of ether oxygens (including phenoxy) is 3. The topological polar surface area (TPSA) is 27.7 Å². The Morgan fingerprint density at radius 2 is 1.55 bits per heavy atom. The van der Waals surface area contributed by atoms with Crippen LogP contribution in [0.4, 0.5) is 0 Å². The van der Waals surface area contributed by atoms with E-state index in [1.807, 2.05) is 6.92 Å². The molecule has 0 saturated heterocycles. The number of halogens is 3. The van der Waals surface area contributed by atoms with Gasteiger partial charge in [0.15, 0.2) is 0 Å². The minimum atomic E-state index is -0.211. The van der Waals surface area contributed by atoms with Gasteiger partial charge in [-0.3, -0.25) is 0 Å². The van der Waals surface area contributed by atoms with Crippen molar-refractivity contribution >= 4 is 45.2 Å². The van der Waals surface area contributed by atoms with E-state index in [2.05, 4.69) is 127 Å². The molecule has 0 spiro atoms. The van der Waals surface area contributed by atoms with Crippen LogP contribution in [0.5, 0.6) is 11.5 Å². The van der Waals surface area contributed by atoms with Crippen molar-refractivity contribution in [3.8, 4) is 11.5 Å². The average molecular weight is 783 g/mol. The molecule has 0 aromatic heterocycles. The van der Waals surface area contributed by atoms with Gasteiger partial charge in [-0.05, 0) is 6.92 Å². The summed E-state index contributed by atoms with van der Waals surface area (Å²) in [6.45, 7) is 12.4. The van der Waals surface area contributed by atoms with E-state index in [-0.39, 0.29) is 33.4 Å². The van der Waals surface area contributed by atoms with Crippen LogP contribution in [0.3, 0.4) is 0 Å². The first kappa shape index (κ1) is 27.0. The summed E-state index contributed by atoms with van der Waals surface area (Å²) in [6, 6.07) is 19.8. The molecular formula is C27H30I3O3-. The number of benzene rings is 3. The SMILES string of the molecule is CCOCOc1c(I)cc(COc2ccc([I-]c3ccc(C(C)(C)C)cc3)c(C)c2)cc1I. The monoisotopic (exact) mass is 783 g/mol. The van der Waals surface area contributed by atoms with Crippen LogP contribution < -0.4 is 30.7 Å². The molecule has 0 unspecified atom stereocenters. The fourth-order valence-electron chi connectivity index (χ4n) is 3.13. The Kier molecular flexibility index (Phi) is 10.1. The zero-order valence-electron chi connectivity index (χ0n) is 19.7. The fourth-order valence-corrected chi connectivity index (χ4v) is 7.67. The summed E-state index contributed by atoms with van der Waals surface area (Å²) in [5.74, 6) is 1.78. The molecule has 0 saturated carbocycles. The van der Waals surface area contributed by atoms with Crippen LogP contribution in [0.2, 0.25) is 0 Å². The van der Waals surface area contributed by atoms with Crippen molar-refractivity contribution in [2.75, 3.05) is 13.4 Å². The van der Waals surface area contributed by atoms with Crippen molar-refractivity contribution in [3.05, 3.63) is 85.6 Å². The van der Waals surface area contributed by atoms with Crippen LogP contribution in [0.1, 0.15) is 44.4 Å². The summed E-state index contributed by atoms with van der Waals surface area (Å²) in [5.41, 5.74) is 4.00. The van der Waals surface area contributed by atoms with Crippen molar-refractivity contribution in [3.63, 3.8) is 0 Å². The Morgan fingerprint density at radius 1 is 0.879 bits per heavy atom. The molecule has 3 aromatic carbocycles. The third kappa shape index (κ3) is 7.96. The van der Waals surface area contributed by atoms with Gasteiger partial charge in [0.05, 0.1) is 0 Å². The van der Waals surface area contributed by atoms with Gasteiger partial charge in [0.25, 0.3) is 0 Å². The van der Waals surface area contributed by atoms with Crippen molar-refractivity contribution in [1.29, 1.82) is 0 Å². The van der Waals surface area contributed by atoms with Crippen molar-refractivity contribution < 1.29 is 35.4 Å². The minimum absolute atomic E-state index is 0.193. The van der Waals surface area contributed by atoms with Crippen molar-refractivity contribution in [2.45, 2.75) is 46.6 Å². The normalized spacial score (nSPS) is 11.6. The van der Waals surface area contributed by atoms with Crippen molar-refractivity contribution in [1.82, 2.24) is 0 Å². The molecule has 3 nitrogen and oxygen atoms in total. The van der Waals surface area contributed by atoms with E-state index >= 15 is 0 Å². The Balaban J connectivity index is 1.62. The summed E-state index contributed by atoms with van der Waals surface area (Å²) in [4.78, 5) is 0. The predicted octanol–water partition coefficient (Wildman–Crippen LogP) is 4.58. The zero-order chi connectivity index (χ0) is 24.0. The molecule has 0 atom stereocenters. The Labute approximate surface area is 235 Å². The number of hydrogen-bond donors (Lipinski definition) is 0. The van der Waals surface area contributed by atoms with Crippen LogP contribution in [-0.4, -0.2) is 13.4 Å². The Bertz CT molecular complexity index is 1050. The average Bonchev–Trinajstić information content (AvgIpc) is 2.76. The number of hydrogen-bond acceptors (Lipinski definition) is 3. The van der Waals surface area contributed by atoms with E-state index in [0.717, 1.165) is 24.2 Å². The summed E-state index contributed by atoms with van der Waals surface area (Å²) in [5, 5.41) is 0. The van der Waals surface area contributed by atoms with Crippen LogP contribution in [0.25, 0.3) is 0 Å². The first-order valence-corrected chi connectivity index (χ1v) is 15.2. The van der Waals surface area contributed by atoms with Gasteiger partial charge in [-0.1, -0.05) is 0 Å². The van der Waals surface area contributed by atoms with Gasteiger partial charge in [0.2, 0.25) is 0 Å². The van der Waals surface area contributed by atoms with Crippen LogP contribution >= 0.6 is 45.2 Å². The maximum absolute atomic E-state index is 6.12. The van der Waals surface area contributed by atoms with E-state index in [4.69, 9.17) is 14.2 Å². The Morgan fingerprint density at radius 3 is 2.12 bits per heavy atom. The molecule has 0 heterocycles. The molecule has 6 heteroatoms. The molecule has 0 fully saturated rings. The second-order valence-corrected chi connectivity index (χ2v) is 14.0. The third-order valence-corrected chi connectivity index (χ3v) is 9.74. The first-order chi connectivity index (χ1) is 15.7. The summed E-state index contributed by atoms with van der Waals surface area (Å²) in [6.07, 6.45) is 0. The van der Waals surface area contributed by atoms with Gasteiger partial charge in [-0.2, -0.15) is 0 Å². The molecule has 0 amide bonds. The standard InChI is InChI=1S/C27H30I3O3/c1-6-31-17-33-26-23(28)14-19(15-24(26)29)16-32-22-11-12-25(18(2)13-22)30-21-9-7-20(8-10-21)27(3,4)5/h7-15H,6,16-17H2,1-5H3/q-1. The second kappa shape index (κ2) is 12.4. The molecule has 0 radical (unpaired) electrons. The molecule has 0 aliphatic carbocycles. The van der Waals surface area contributed by atoms with Gasteiger partial charge in [0.1, 0.15) is 0 Å². The second-order valence-electron chi connectivity index (χ2n) is 8.69. The van der Waals surface area contributed by atoms with E-state index in [9.17, 15) is 0 Å². The summed E-state index contributed by atoms with van der Waals surface area (Å²) in [7, 11) is 0. The van der Waals surface area contributed by atoms with E-state index in [1.54, 1.807) is 0 Å². The van der Waals surface area contributed by atoms with E-state index < -0.39 is 0 Å². The molecule has 3 rings (SSSR count). The molecular weight excluding hydrogens is 753 g/mol. The molecule has 0 aliphatic rings. The van der Waals surface area contributed by atoms with Crippen LogP contribution in [0, 0.1) is 21.2 Å². The van der Waals surface area contributed by atoms with Gasteiger partial charge in [-0.25, -0.2) is 0 Å². The molecule has 178 valence electrons. The van der Waals surface area contributed by atoms with Crippen molar-refractivity contribution in [2.24, 2.45) is 0 Å². The summed E-state index contributed by atoms with van der Waals surface area (Å²) < 4.78 is 22.2. The molecule has 0 aliphatic heterocycles. The van der Waals surface area contributed by atoms with Crippen LogP contribution in [0.15, 0.2) is 54.6 Å². The molecule has 33 heavy (non-hydrogen) atoms. The fraction of sp³-hybridized carbons (Fsp3) is 0.333. The summed E-state index contributed by atoms with van der Waals surface area (Å²) >= 11 is 4.40. The van der Waals surface area contributed by atoms with Crippen LogP contribution in [-0.2, 0) is 16.8 Å². The number of aryl methyl sites for hydroxylation is 1.